The van der Waals surface area contributed by atoms with Gasteiger partial charge in [-0.2, -0.15) is 5.10 Å². The fourth-order valence-electron chi connectivity index (χ4n) is 1.93. The van der Waals surface area contributed by atoms with Crippen molar-refractivity contribution in [1.29, 1.82) is 0 Å². The van der Waals surface area contributed by atoms with E-state index in [0.29, 0.717) is 0 Å². The van der Waals surface area contributed by atoms with Gasteiger partial charge in [0.2, 0.25) is 5.78 Å². The van der Waals surface area contributed by atoms with Gasteiger partial charge in [-0.15, -0.1) is 0 Å². The van der Waals surface area contributed by atoms with Crippen LogP contribution in [0.25, 0.3) is 17.2 Å². The topological polar surface area (TPSA) is 46.0 Å². The minimum absolute atomic E-state index is 0.0425. The Balaban J connectivity index is 2.18. The van der Waals surface area contributed by atoms with Gasteiger partial charge in [0.25, 0.3) is 0 Å². The van der Waals surface area contributed by atoms with Crippen LogP contribution in [0.1, 0.15) is 26.5 Å². The van der Waals surface area contributed by atoms with Crippen LogP contribution in [-0.4, -0.2) is 19.6 Å². The van der Waals surface area contributed by atoms with Crippen LogP contribution >= 0.6 is 0 Å². The Hall–Kier alpha value is -2.10. The first-order chi connectivity index (χ1) is 8.55. The molecule has 0 fully saturated rings. The highest BCUT2D eigenvalue weighted by Crippen LogP contribution is 2.24. The first kappa shape index (κ1) is 11.0. The molecule has 4 heteroatoms. The summed E-state index contributed by atoms with van der Waals surface area (Å²) in [5.74, 6) is 1.69. The van der Waals surface area contributed by atoms with E-state index in [4.69, 9.17) is 0 Å². The molecule has 0 aliphatic carbocycles. The largest absolute Gasteiger partial charge is 0.266 e. The fourth-order valence-corrected chi connectivity index (χ4v) is 1.93. The van der Waals surface area contributed by atoms with Crippen molar-refractivity contribution >= 4 is 5.78 Å². The van der Waals surface area contributed by atoms with E-state index in [9.17, 15) is 0 Å². The van der Waals surface area contributed by atoms with Gasteiger partial charge in [-0.05, 0) is 0 Å². The maximum atomic E-state index is 4.58. The van der Waals surface area contributed by atoms with Crippen LogP contribution in [0.2, 0.25) is 0 Å². The lowest BCUT2D eigenvalue weighted by atomic mass is 9.93. The Morgan fingerprint density at radius 2 is 1.83 bits per heavy atom. The lowest BCUT2D eigenvalue weighted by molar-refractivity contribution is 0.572. The van der Waals surface area contributed by atoms with Crippen molar-refractivity contribution < 1.29 is 0 Å². The summed E-state index contributed by atoms with van der Waals surface area (Å²) in [7, 11) is 0. The van der Waals surface area contributed by atoms with Crippen molar-refractivity contribution in [2.75, 3.05) is 0 Å². The van der Waals surface area contributed by atoms with Crippen molar-refractivity contribution in [3.8, 4) is 11.4 Å². The average Bonchev–Trinajstić information content (AvgIpc) is 2.88. The molecule has 0 aliphatic heterocycles. The summed E-state index contributed by atoms with van der Waals surface area (Å²) in [6.45, 7) is 6.47. The zero-order chi connectivity index (χ0) is 12.8. The van der Waals surface area contributed by atoms with Crippen LogP contribution in [0.15, 0.2) is 36.5 Å². The average molecular weight is 240 g/mol. The van der Waals surface area contributed by atoms with Crippen molar-refractivity contribution in [3.05, 3.63) is 42.2 Å². The van der Waals surface area contributed by atoms with Gasteiger partial charge in [-0.3, -0.25) is 4.40 Å². The highest BCUT2D eigenvalue weighted by Gasteiger charge is 2.19. The van der Waals surface area contributed by atoms with E-state index in [0.717, 1.165) is 22.9 Å². The van der Waals surface area contributed by atoms with Crippen molar-refractivity contribution in [1.82, 2.24) is 19.6 Å². The maximum absolute atomic E-state index is 4.58. The number of rotatable bonds is 1. The zero-order valence-electron chi connectivity index (χ0n) is 10.8. The summed E-state index contributed by atoms with van der Waals surface area (Å²) in [6, 6.07) is 10.1. The van der Waals surface area contributed by atoms with Gasteiger partial charge >= 0.3 is 0 Å². The highest BCUT2D eigenvalue weighted by atomic mass is 15.3. The number of aromatic nitrogens is 4. The van der Waals surface area contributed by atoms with E-state index < -0.39 is 0 Å². The van der Waals surface area contributed by atoms with Crippen molar-refractivity contribution in [3.63, 3.8) is 0 Å². The number of fused-ring (bicyclic) bond motifs is 1. The summed E-state index contributed by atoms with van der Waals surface area (Å²) < 4.78 is 2.01. The van der Waals surface area contributed by atoms with Gasteiger partial charge in [-0.25, -0.2) is 10.1 Å². The molecule has 0 saturated carbocycles. The van der Waals surface area contributed by atoms with Gasteiger partial charge in [0.05, 0.1) is 5.69 Å². The fraction of sp³-hybridized carbons (Fsp3) is 0.286. The minimum atomic E-state index is 0.0425. The number of nitrogens with zero attached hydrogens (tertiary/aromatic N) is 3. The van der Waals surface area contributed by atoms with Crippen LogP contribution in [0.5, 0.6) is 0 Å². The summed E-state index contributed by atoms with van der Waals surface area (Å²) in [5.41, 5.74) is 2.19. The lowest BCUT2D eigenvalue weighted by Gasteiger charge is -2.13. The number of hydrogen-bond acceptors (Lipinski definition) is 2. The number of benzene rings is 1. The van der Waals surface area contributed by atoms with Crippen LogP contribution in [0, 0.1) is 0 Å². The van der Waals surface area contributed by atoms with Gasteiger partial charge in [0.1, 0.15) is 0 Å². The summed E-state index contributed by atoms with van der Waals surface area (Å²) in [4.78, 5) is 4.58. The summed E-state index contributed by atoms with van der Waals surface area (Å²) in [5, 5.41) is 7.31. The molecular weight excluding hydrogens is 224 g/mol. The van der Waals surface area contributed by atoms with E-state index in [2.05, 4.69) is 42.1 Å². The SMILES string of the molecule is CC(C)(C)c1cn2c(-c3ccccc3)n[nH]c2n1. The molecule has 2 heterocycles. The first-order valence-electron chi connectivity index (χ1n) is 6.05. The number of aromatic amines is 1. The molecule has 2 aromatic heterocycles. The Kier molecular flexibility index (Phi) is 2.26. The highest BCUT2D eigenvalue weighted by molar-refractivity contribution is 5.58. The third-order valence-electron chi connectivity index (χ3n) is 3.00. The van der Waals surface area contributed by atoms with E-state index in [1.165, 1.54) is 0 Å². The number of H-pyrrole nitrogens is 1. The Morgan fingerprint density at radius 1 is 1.11 bits per heavy atom. The maximum Gasteiger partial charge on any atom is 0.229 e. The molecule has 4 nitrogen and oxygen atoms in total. The van der Waals surface area contributed by atoms with Crippen molar-refractivity contribution in [2.45, 2.75) is 26.2 Å². The van der Waals surface area contributed by atoms with Crippen molar-refractivity contribution in [2.24, 2.45) is 0 Å². The van der Waals surface area contributed by atoms with E-state index in [1.54, 1.807) is 0 Å². The third kappa shape index (κ3) is 1.70. The standard InChI is InChI=1S/C14H16N4/c1-14(2,3)11-9-18-12(16-17-13(18)15-11)10-7-5-4-6-8-10/h4-9H,1-3H3,(H,15,17). The van der Waals surface area contributed by atoms with Crippen LogP contribution in [0.3, 0.4) is 0 Å². The minimum Gasteiger partial charge on any atom is -0.266 e. The van der Waals surface area contributed by atoms with Crippen LogP contribution in [0.4, 0.5) is 0 Å². The second kappa shape index (κ2) is 3.70. The molecule has 1 aromatic carbocycles. The molecule has 0 aliphatic rings. The zero-order valence-corrected chi connectivity index (χ0v) is 10.8. The van der Waals surface area contributed by atoms with Crippen LogP contribution < -0.4 is 0 Å². The molecule has 3 rings (SSSR count). The molecule has 0 amide bonds. The smallest absolute Gasteiger partial charge is 0.229 e. The molecule has 0 radical (unpaired) electrons. The number of imidazole rings is 1. The lowest BCUT2D eigenvalue weighted by Crippen LogP contribution is -2.11. The Labute approximate surface area is 106 Å². The first-order valence-corrected chi connectivity index (χ1v) is 6.05. The quantitative estimate of drug-likeness (QED) is 0.710. The molecule has 0 unspecified atom stereocenters. The Morgan fingerprint density at radius 3 is 2.50 bits per heavy atom. The molecule has 1 N–H and O–H groups in total. The van der Waals surface area contributed by atoms with Gasteiger partial charge in [-0.1, -0.05) is 51.1 Å². The second-order valence-electron chi connectivity index (χ2n) is 5.48. The molecular formula is C14H16N4. The monoisotopic (exact) mass is 240 g/mol. The van der Waals surface area contributed by atoms with E-state index in [-0.39, 0.29) is 5.41 Å². The Bertz CT molecular complexity index is 671. The van der Waals surface area contributed by atoms with E-state index in [1.807, 2.05) is 34.7 Å². The normalized spacial score (nSPS) is 12.2. The molecule has 18 heavy (non-hydrogen) atoms. The molecule has 92 valence electrons. The molecule has 3 aromatic rings. The molecule has 0 atom stereocenters. The molecule has 0 bridgehead atoms. The molecule has 0 spiro atoms. The summed E-state index contributed by atoms with van der Waals surface area (Å²) in [6.07, 6.45) is 2.06. The third-order valence-corrected chi connectivity index (χ3v) is 3.00. The predicted octanol–water partition coefficient (Wildman–Crippen LogP) is 3.02. The predicted molar refractivity (Wildman–Crippen MR) is 71.5 cm³/mol. The van der Waals surface area contributed by atoms with Gasteiger partial charge < -0.3 is 0 Å². The summed E-state index contributed by atoms with van der Waals surface area (Å²) >= 11 is 0. The number of hydrogen-bond donors (Lipinski definition) is 1. The van der Waals surface area contributed by atoms with Gasteiger partial charge in [0, 0.05) is 17.2 Å². The van der Waals surface area contributed by atoms with Gasteiger partial charge in [0.15, 0.2) is 5.82 Å². The second-order valence-corrected chi connectivity index (χ2v) is 5.48. The van der Waals surface area contributed by atoms with Crippen LogP contribution in [-0.2, 0) is 5.41 Å². The number of nitrogens with one attached hydrogen (secondary N) is 1. The molecule has 0 saturated heterocycles. The van der Waals surface area contributed by atoms with E-state index >= 15 is 0 Å².